The highest BCUT2D eigenvalue weighted by Gasteiger charge is 2.27. The van der Waals surface area contributed by atoms with Gasteiger partial charge in [-0.1, -0.05) is 34.1 Å². The third kappa shape index (κ3) is 3.91. The van der Waals surface area contributed by atoms with Gasteiger partial charge in [-0.2, -0.15) is 0 Å². The van der Waals surface area contributed by atoms with Gasteiger partial charge in [0.25, 0.3) is 5.91 Å². The molecule has 0 aliphatic heterocycles. The Hall–Kier alpha value is -3.85. The molecular formula is C26H21BrFN5O2. The number of nitrogens with one attached hydrogen (secondary N) is 1. The molecule has 1 amide bonds. The third-order valence-electron chi connectivity index (χ3n) is 6.01. The summed E-state index contributed by atoms with van der Waals surface area (Å²) in [6, 6.07) is 11.7. The van der Waals surface area contributed by atoms with E-state index in [1.807, 2.05) is 23.6 Å². The fourth-order valence-electron chi connectivity index (χ4n) is 4.25. The summed E-state index contributed by atoms with van der Waals surface area (Å²) < 4.78 is 17.8. The fraction of sp³-hybridized carbons (Fsp3) is 0.154. The molecule has 3 aromatic heterocycles. The molecule has 35 heavy (non-hydrogen) atoms. The molecule has 7 nitrogen and oxygen atoms in total. The molecule has 5 rings (SSSR count). The van der Waals surface area contributed by atoms with Gasteiger partial charge in [0.2, 0.25) is 0 Å². The van der Waals surface area contributed by atoms with E-state index < -0.39 is 11.6 Å². The summed E-state index contributed by atoms with van der Waals surface area (Å²) in [5, 5.41) is 0.585. The molecule has 0 atom stereocenters. The molecule has 0 aliphatic carbocycles. The van der Waals surface area contributed by atoms with E-state index in [0.29, 0.717) is 20.9 Å². The lowest BCUT2D eigenvalue weighted by Gasteiger charge is -2.12. The second-order valence-electron chi connectivity index (χ2n) is 8.48. The highest BCUT2D eigenvalue weighted by atomic mass is 79.9. The van der Waals surface area contributed by atoms with Crippen molar-refractivity contribution in [2.24, 2.45) is 0 Å². The van der Waals surface area contributed by atoms with Crippen LogP contribution in [0.15, 0.2) is 59.3 Å². The Bertz CT molecular complexity index is 1640. The van der Waals surface area contributed by atoms with Gasteiger partial charge < -0.3 is 14.5 Å². The number of hydrogen-bond donors (Lipinski definition) is 1. The van der Waals surface area contributed by atoms with E-state index in [-0.39, 0.29) is 29.3 Å². The van der Waals surface area contributed by atoms with E-state index in [0.717, 1.165) is 16.9 Å². The molecule has 0 aliphatic rings. The molecule has 176 valence electrons. The van der Waals surface area contributed by atoms with Gasteiger partial charge in [0, 0.05) is 46.8 Å². The Labute approximate surface area is 208 Å². The van der Waals surface area contributed by atoms with Crippen LogP contribution in [-0.2, 0) is 6.54 Å². The lowest BCUT2D eigenvalue weighted by molar-refractivity contribution is 0.0817. The van der Waals surface area contributed by atoms with Crippen LogP contribution in [0.1, 0.15) is 37.8 Å². The molecule has 0 bridgehead atoms. The first kappa shape index (κ1) is 22.9. The van der Waals surface area contributed by atoms with Crippen LogP contribution in [0.25, 0.3) is 21.9 Å². The van der Waals surface area contributed by atoms with Crippen LogP contribution >= 0.6 is 15.9 Å². The van der Waals surface area contributed by atoms with Gasteiger partial charge in [-0.15, -0.1) is 0 Å². The first-order valence-electron chi connectivity index (χ1n) is 10.9. The van der Waals surface area contributed by atoms with Crippen molar-refractivity contribution in [1.82, 2.24) is 24.4 Å². The van der Waals surface area contributed by atoms with Gasteiger partial charge in [-0.25, -0.2) is 9.37 Å². The van der Waals surface area contributed by atoms with Crippen LogP contribution in [0.4, 0.5) is 4.39 Å². The van der Waals surface area contributed by atoms with E-state index in [4.69, 9.17) is 0 Å². The summed E-state index contributed by atoms with van der Waals surface area (Å²) in [5.74, 6) is -0.548. The minimum absolute atomic E-state index is 0.159. The number of benzene rings is 2. The minimum Gasteiger partial charge on any atom is -0.350 e. The highest BCUT2D eigenvalue weighted by Crippen LogP contribution is 2.32. The second-order valence-corrected chi connectivity index (χ2v) is 9.34. The topological polar surface area (TPSA) is 83.9 Å². The highest BCUT2D eigenvalue weighted by molar-refractivity contribution is 9.10. The van der Waals surface area contributed by atoms with E-state index in [9.17, 15) is 9.59 Å². The normalized spacial score (nSPS) is 11.3. The zero-order chi connectivity index (χ0) is 24.9. The van der Waals surface area contributed by atoms with Crippen LogP contribution in [0.2, 0.25) is 0 Å². The van der Waals surface area contributed by atoms with Gasteiger partial charge in [-0.3, -0.25) is 14.6 Å². The summed E-state index contributed by atoms with van der Waals surface area (Å²) >= 11 is 3.49. The number of carbonyl (C=O) groups is 2. The van der Waals surface area contributed by atoms with Gasteiger partial charge >= 0.3 is 0 Å². The molecule has 0 saturated heterocycles. The van der Waals surface area contributed by atoms with Crippen LogP contribution in [0, 0.1) is 12.7 Å². The number of fused-ring (bicyclic) bond motifs is 2. The molecule has 0 radical (unpaired) electrons. The maximum absolute atomic E-state index is 15.3. The summed E-state index contributed by atoms with van der Waals surface area (Å²) in [4.78, 5) is 39.5. The van der Waals surface area contributed by atoms with Crippen molar-refractivity contribution in [3.8, 4) is 0 Å². The molecule has 5 aromatic rings. The average molecular weight is 534 g/mol. The molecule has 3 heterocycles. The Balaban J connectivity index is 1.56. The Morgan fingerprint density at radius 2 is 1.97 bits per heavy atom. The number of aromatic nitrogens is 4. The number of halogens is 2. The van der Waals surface area contributed by atoms with Crippen LogP contribution in [-0.4, -0.2) is 50.2 Å². The van der Waals surface area contributed by atoms with Crippen LogP contribution < -0.4 is 0 Å². The Kier molecular flexibility index (Phi) is 5.72. The number of pyridine rings is 1. The quantitative estimate of drug-likeness (QED) is 0.318. The first-order chi connectivity index (χ1) is 16.8. The lowest BCUT2D eigenvalue weighted by atomic mass is 9.98. The lowest BCUT2D eigenvalue weighted by Crippen LogP contribution is -2.24. The summed E-state index contributed by atoms with van der Waals surface area (Å²) in [5.41, 5.74) is 3.19. The van der Waals surface area contributed by atoms with Crippen molar-refractivity contribution in [2.45, 2.75) is 13.5 Å². The largest absolute Gasteiger partial charge is 0.350 e. The number of imidazole rings is 1. The zero-order valence-corrected chi connectivity index (χ0v) is 20.9. The number of amides is 1. The average Bonchev–Trinajstić information content (AvgIpc) is 3.37. The van der Waals surface area contributed by atoms with Crippen molar-refractivity contribution >= 4 is 49.6 Å². The van der Waals surface area contributed by atoms with Gasteiger partial charge in [0.05, 0.1) is 23.8 Å². The Morgan fingerprint density at radius 1 is 1.17 bits per heavy atom. The third-order valence-corrected chi connectivity index (χ3v) is 6.67. The number of nitrogens with zero attached hydrogens (tertiary/aromatic N) is 4. The molecule has 0 fully saturated rings. The molecule has 0 unspecified atom stereocenters. The Morgan fingerprint density at radius 3 is 2.71 bits per heavy atom. The number of H-pyrrole nitrogens is 1. The van der Waals surface area contributed by atoms with Gasteiger partial charge in [-0.05, 0) is 31.2 Å². The maximum atomic E-state index is 15.3. The van der Waals surface area contributed by atoms with Crippen molar-refractivity contribution < 1.29 is 14.0 Å². The van der Waals surface area contributed by atoms with Gasteiger partial charge in [0.15, 0.2) is 5.78 Å². The van der Waals surface area contributed by atoms with E-state index in [1.165, 1.54) is 11.0 Å². The summed E-state index contributed by atoms with van der Waals surface area (Å²) in [6.07, 6.45) is 3.34. The predicted octanol–water partition coefficient (Wildman–Crippen LogP) is 5.10. The van der Waals surface area contributed by atoms with Crippen molar-refractivity contribution in [3.63, 3.8) is 0 Å². The number of aromatic amines is 1. The number of ketones is 1. The number of hydrogen-bond acceptors (Lipinski definition) is 4. The van der Waals surface area contributed by atoms with Crippen LogP contribution in [0.5, 0.6) is 0 Å². The van der Waals surface area contributed by atoms with Crippen molar-refractivity contribution in [2.75, 3.05) is 14.1 Å². The van der Waals surface area contributed by atoms with Gasteiger partial charge in [0.1, 0.15) is 22.9 Å². The predicted molar refractivity (Wildman–Crippen MR) is 135 cm³/mol. The molecular weight excluding hydrogens is 513 g/mol. The zero-order valence-electron chi connectivity index (χ0n) is 19.3. The number of carbonyl (C=O) groups excluding carboxylic acids is 2. The monoisotopic (exact) mass is 533 g/mol. The van der Waals surface area contributed by atoms with E-state index in [2.05, 4.69) is 30.9 Å². The molecule has 2 aromatic carbocycles. The molecule has 9 heteroatoms. The number of rotatable bonds is 5. The summed E-state index contributed by atoms with van der Waals surface area (Å²) in [6.45, 7) is 2.11. The van der Waals surface area contributed by atoms with Crippen LogP contribution in [0.3, 0.4) is 0 Å². The summed E-state index contributed by atoms with van der Waals surface area (Å²) in [7, 11) is 3.23. The first-order valence-corrected chi connectivity index (χ1v) is 11.7. The van der Waals surface area contributed by atoms with E-state index in [1.54, 1.807) is 50.8 Å². The number of aryl methyl sites for hydroxylation is 1. The van der Waals surface area contributed by atoms with Crippen molar-refractivity contribution in [3.05, 3.63) is 93.4 Å². The molecule has 0 saturated carbocycles. The smallest absolute Gasteiger partial charge is 0.270 e. The molecule has 1 N–H and O–H groups in total. The minimum atomic E-state index is -0.509. The molecule has 0 spiro atoms. The second kappa shape index (κ2) is 8.74. The van der Waals surface area contributed by atoms with Crippen molar-refractivity contribution in [1.29, 1.82) is 0 Å². The maximum Gasteiger partial charge on any atom is 0.270 e. The standard InChI is InChI=1S/C26H21BrFN5O2/c1-14-30-20-12-29-10-9-21(20)33(14)13-16-8-7-15(11-18(16)28)25(34)23-22-17(27)5-4-6-19(22)31-24(23)26(35)32(2)3/h4-12,31H,13H2,1-3H3. The van der Waals surface area contributed by atoms with E-state index >= 15 is 4.39 Å². The fourth-order valence-corrected chi connectivity index (χ4v) is 4.81. The SMILES string of the molecule is Cc1nc2cnccc2n1Cc1ccc(C(=O)c2c(C(=O)N(C)C)[nH]c3cccc(Br)c23)cc1F.